The van der Waals surface area contributed by atoms with Gasteiger partial charge in [0.2, 0.25) is 0 Å². The normalized spacial score (nSPS) is 16.8. The Morgan fingerprint density at radius 1 is 1.36 bits per heavy atom. The summed E-state index contributed by atoms with van der Waals surface area (Å²) in [4.78, 5) is 6.03. The van der Waals surface area contributed by atoms with Gasteiger partial charge in [-0.05, 0) is 19.8 Å². The number of fused-ring (bicyclic) bond motifs is 1. The zero-order valence-corrected chi connectivity index (χ0v) is 7.58. The van der Waals surface area contributed by atoms with Crippen LogP contribution in [0.3, 0.4) is 0 Å². The minimum absolute atomic E-state index is 1.17. The average molecular weight is 164 g/mol. The van der Waals surface area contributed by atoms with E-state index in [1.165, 1.54) is 41.1 Å². The van der Waals surface area contributed by atoms with Gasteiger partial charge in [-0.3, -0.25) is 0 Å². The van der Waals surface area contributed by atoms with Crippen molar-refractivity contribution in [2.75, 3.05) is 0 Å². The largest absolute Gasteiger partial charge is 0.246 e. The smallest absolute Gasteiger partial charge is 0.110 e. The van der Waals surface area contributed by atoms with Crippen molar-refractivity contribution in [3.05, 3.63) is 15.6 Å². The molecule has 1 aliphatic rings. The molecule has 0 fully saturated rings. The van der Waals surface area contributed by atoms with Crippen LogP contribution in [0.5, 0.6) is 0 Å². The van der Waals surface area contributed by atoms with E-state index in [0.29, 0.717) is 0 Å². The molecule has 0 spiro atoms. The van der Waals surface area contributed by atoms with Crippen molar-refractivity contribution in [2.45, 2.75) is 32.4 Å². The highest BCUT2D eigenvalue weighted by Gasteiger charge is 2.11. The van der Waals surface area contributed by atoms with Crippen LogP contribution >= 0.6 is 11.3 Å². The Kier molecular flexibility index (Phi) is 1.99. The number of aryl methyl sites for hydroxylation is 3. The molecule has 1 aromatic heterocycles. The zero-order chi connectivity index (χ0) is 7.68. The van der Waals surface area contributed by atoms with Crippen molar-refractivity contribution < 1.29 is 0 Å². The minimum Gasteiger partial charge on any atom is -0.246 e. The standard InChI is InChI=1S/C8H11BNS/c1-6-10-7-2-4-9-5-3-8(7)11-6/h2-5H2,1H3. The predicted octanol–water partition coefficient (Wildman–Crippen LogP) is 2.09. The number of thiazole rings is 1. The van der Waals surface area contributed by atoms with Crippen LogP contribution in [0.4, 0.5) is 0 Å². The van der Waals surface area contributed by atoms with Crippen molar-refractivity contribution in [3.8, 4) is 0 Å². The fraction of sp³-hybridized carbons (Fsp3) is 0.625. The van der Waals surface area contributed by atoms with E-state index >= 15 is 0 Å². The highest BCUT2D eigenvalue weighted by Crippen LogP contribution is 2.23. The second-order valence-electron chi connectivity index (χ2n) is 2.97. The first-order valence-electron chi connectivity index (χ1n) is 4.13. The molecule has 0 N–H and O–H groups in total. The maximum absolute atomic E-state index is 4.51. The van der Waals surface area contributed by atoms with E-state index < -0.39 is 0 Å². The molecular weight excluding hydrogens is 153 g/mol. The molecule has 2 rings (SSSR count). The van der Waals surface area contributed by atoms with Gasteiger partial charge in [-0.25, -0.2) is 4.98 Å². The average Bonchev–Trinajstić information content (AvgIpc) is 2.17. The molecule has 0 aliphatic carbocycles. The summed E-state index contributed by atoms with van der Waals surface area (Å²) >= 11 is 1.87. The van der Waals surface area contributed by atoms with E-state index in [4.69, 9.17) is 0 Å². The van der Waals surface area contributed by atoms with Gasteiger partial charge in [-0.15, -0.1) is 11.3 Å². The van der Waals surface area contributed by atoms with E-state index in [1.807, 2.05) is 11.3 Å². The van der Waals surface area contributed by atoms with Crippen LogP contribution in [-0.2, 0) is 12.8 Å². The summed E-state index contributed by atoms with van der Waals surface area (Å²) in [6.45, 7) is 2.10. The molecule has 3 heteroatoms. The highest BCUT2D eigenvalue weighted by atomic mass is 32.1. The summed E-state index contributed by atoms with van der Waals surface area (Å²) in [5, 5.41) is 1.23. The Bertz CT molecular complexity index is 233. The minimum atomic E-state index is 1.17. The van der Waals surface area contributed by atoms with Crippen LogP contribution in [-0.4, -0.2) is 12.3 Å². The van der Waals surface area contributed by atoms with Gasteiger partial charge < -0.3 is 0 Å². The number of nitrogens with zero attached hydrogens (tertiary/aromatic N) is 1. The third-order valence-electron chi connectivity index (χ3n) is 2.05. The van der Waals surface area contributed by atoms with Crippen molar-refractivity contribution in [1.82, 2.24) is 4.98 Å². The van der Waals surface area contributed by atoms with Crippen LogP contribution in [0, 0.1) is 6.92 Å². The SMILES string of the molecule is Cc1nc2c(s1)CC[B]CC2. The summed E-state index contributed by atoms with van der Waals surface area (Å²) in [5.74, 6) is 0. The topological polar surface area (TPSA) is 12.9 Å². The molecule has 0 bridgehead atoms. The van der Waals surface area contributed by atoms with E-state index in [2.05, 4.69) is 19.2 Å². The lowest BCUT2D eigenvalue weighted by Crippen LogP contribution is -1.88. The molecule has 2 heterocycles. The lowest BCUT2D eigenvalue weighted by molar-refractivity contribution is 1.02. The van der Waals surface area contributed by atoms with Crippen LogP contribution < -0.4 is 0 Å². The molecule has 1 nitrogen and oxygen atoms in total. The molecule has 0 unspecified atom stereocenters. The molecule has 57 valence electrons. The lowest BCUT2D eigenvalue weighted by Gasteiger charge is -1.91. The van der Waals surface area contributed by atoms with E-state index in [0.717, 1.165) is 0 Å². The maximum Gasteiger partial charge on any atom is 0.110 e. The van der Waals surface area contributed by atoms with Gasteiger partial charge in [-0.2, -0.15) is 0 Å². The Morgan fingerprint density at radius 3 is 3.09 bits per heavy atom. The lowest BCUT2D eigenvalue weighted by atomic mass is 9.70. The third kappa shape index (κ3) is 1.48. The van der Waals surface area contributed by atoms with E-state index in [1.54, 1.807) is 0 Å². The van der Waals surface area contributed by atoms with Crippen molar-refractivity contribution in [3.63, 3.8) is 0 Å². The fourth-order valence-electron chi connectivity index (χ4n) is 1.52. The molecule has 0 saturated carbocycles. The first-order valence-corrected chi connectivity index (χ1v) is 4.95. The highest BCUT2D eigenvalue weighted by molar-refractivity contribution is 7.11. The Hall–Kier alpha value is -0.305. The molecule has 0 saturated heterocycles. The first-order chi connectivity index (χ1) is 5.36. The van der Waals surface area contributed by atoms with Crippen molar-refractivity contribution in [1.29, 1.82) is 0 Å². The number of rotatable bonds is 0. The zero-order valence-electron chi connectivity index (χ0n) is 6.76. The van der Waals surface area contributed by atoms with Crippen LogP contribution in [0.25, 0.3) is 0 Å². The second-order valence-corrected chi connectivity index (χ2v) is 4.26. The third-order valence-corrected chi connectivity index (χ3v) is 3.12. The predicted molar refractivity (Wildman–Crippen MR) is 49.6 cm³/mol. The summed E-state index contributed by atoms with van der Waals surface area (Å²) in [6, 6.07) is 0. The first kappa shape index (κ1) is 7.35. The molecule has 1 radical (unpaired) electrons. The molecule has 0 aromatic carbocycles. The Balaban J connectivity index is 2.32. The quantitative estimate of drug-likeness (QED) is 0.535. The molecule has 11 heavy (non-hydrogen) atoms. The molecule has 0 amide bonds. The molecular formula is C8H11BNS. The molecule has 1 aromatic rings. The fourth-order valence-corrected chi connectivity index (χ4v) is 2.52. The van der Waals surface area contributed by atoms with Crippen LogP contribution in [0.1, 0.15) is 15.6 Å². The van der Waals surface area contributed by atoms with E-state index in [9.17, 15) is 0 Å². The number of hydrogen-bond donors (Lipinski definition) is 0. The molecule has 0 atom stereocenters. The summed E-state index contributed by atoms with van der Waals surface area (Å²) in [6.07, 6.45) is 4.85. The molecule has 1 aliphatic heterocycles. The Labute approximate surface area is 72.1 Å². The Morgan fingerprint density at radius 2 is 2.18 bits per heavy atom. The van der Waals surface area contributed by atoms with Gasteiger partial charge in [0.15, 0.2) is 0 Å². The number of hydrogen-bond acceptors (Lipinski definition) is 2. The summed E-state index contributed by atoms with van der Waals surface area (Å²) < 4.78 is 0. The van der Waals surface area contributed by atoms with Gasteiger partial charge in [0.25, 0.3) is 0 Å². The van der Waals surface area contributed by atoms with Gasteiger partial charge in [0.1, 0.15) is 7.28 Å². The van der Waals surface area contributed by atoms with Gasteiger partial charge in [-0.1, -0.05) is 12.6 Å². The monoisotopic (exact) mass is 164 g/mol. The van der Waals surface area contributed by atoms with Gasteiger partial charge in [0.05, 0.1) is 10.7 Å². The van der Waals surface area contributed by atoms with Crippen LogP contribution in [0.15, 0.2) is 0 Å². The van der Waals surface area contributed by atoms with Crippen molar-refractivity contribution in [2.24, 2.45) is 0 Å². The van der Waals surface area contributed by atoms with Gasteiger partial charge in [0, 0.05) is 4.88 Å². The van der Waals surface area contributed by atoms with E-state index in [-0.39, 0.29) is 0 Å². The number of aromatic nitrogens is 1. The summed E-state index contributed by atoms with van der Waals surface area (Å²) in [5.41, 5.74) is 1.36. The second kappa shape index (κ2) is 2.98. The van der Waals surface area contributed by atoms with Gasteiger partial charge >= 0.3 is 0 Å². The summed E-state index contributed by atoms with van der Waals surface area (Å²) in [7, 11) is 2.38. The van der Waals surface area contributed by atoms with Crippen LogP contribution in [0.2, 0.25) is 12.6 Å². The maximum atomic E-state index is 4.51. The van der Waals surface area contributed by atoms with Crippen molar-refractivity contribution >= 4 is 18.6 Å².